The molecule has 0 aliphatic rings. The summed E-state index contributed by atoms with van der Waals surface area (Å²) in [6.07, 6.45) is 1.78. The average molecular weight is 263 g/mol. The molecule has 3 aromatic rings. The topological polar surface area (TPSA) is 47.8 Å². The molecule has 0 amide bonds. The second-order valence-corrected chi connectivity index (χ2v) is 5.69. The number of hydrogen-bond acceptors (Lipinski definition) is 5. The molecule has 0 N–H and O–H groups in total. The SMILES string of the molecule is Cn1ncnc1CC(=O)c1cc2sccc2s1. The molecular weight excluding hydrogens is 254 g/mol. The number of carbonyl (C=O) groups is 1. The molecule has 0 atom stereocenters. The number of aryl methyl sites for hydroxylation is 1. The Hall–Kier alpha value is -1.53. The van der Waals surface area contributed by atoms with E-state index in [0.717, 1.165) is 4.88 Å². The Morgan fingerprint density at radius 1 is 1.47 bits per heavy atom. The summed E-state index contributed by atoms with van der Waals surface area (Å²) >= 11 is 3.20. The zero-order valence-corrected chi connectivity index (χ0v) is 10.7. The zero-order valence-electron chi connectivity index (χ0n) is 9.08. The van der Waals surface area contributed by atoms with Gasteiger partial charge in [0.2, 0.25) is 0 Å². The number of ketones is 1. The van der Waals surface area contributed by atoms with E-state index in [1.54, 1.807) is 34.4 Å². The fourth-order valence-electron chi connectivity index (χ4n) is 1.61. The molecule has 0 aliphatic heterocycles. The number of rotatable bonds is 3. The third-order valence-corrected chi connectivity index (χ3v) is 4.67. The highest BCUT2D eigenvalue weighted by Gasteiger charge is 2.14. The first-order valence-corrected chi connectivity index (χ1v) is 6.77. The van der Waals surface area contributed by atoms with E-state index in [-0.39, 0.29) is 5.78 Å². The van der Waals surface area contributed by atoms with Crippen molar-refractivity contribution in [3.05, 3.63) is 34.5 Å². The van der Waals surface area contributed by atoms with E-state index in [2.05, 4.69) is 10.1 Å². The number of Topliss-reactive ketones (excluding diaryl/α,β-unsaturated/α-hetero) is 1. The largest absolute Gasteiger partial charge is 0.293 e. The molecule has 0 radical (unpaired) electrons. The van der Waals surface area contributed by atoms with Gasteiger partial charge in [0.05, 0.1) is 11.3 Å². The number of fused-ring (bicyclic) bond motifs is 1. The van der Waals surface area contributed by atoms with Crippen molar-refractivity contribution in [1.29, 1.82) is 0 Å². The predicted molar refractivity (Wildman–Crippen MR) is 68.7 cm³/mol. The first-order chi connectivity index (χ1) is 8.24. The van der Waals surface area contributed by atoms with Crippen LogP contribution in [-0.2, 0) is 13.5 Å². The molecule has 0 aliphatic carbocycles. The Morgan fingerprint density at radius 2 is 2.35 bits per heavy atom. The summed E-state index contributed by atoms with van der Waals surface area (Å²) in [4.78, 5) is 16.9. The van der Waals surface area contributed by atoms with Crippen molar-refractivity contribution < 1.29 is 4.79 Å². The van der Waals surface area contributed by atoms with Gasteiger partial charge in [-0.15, -0.1) is 22.7 Å². The molecule has 3 aromatic heterocycles. The van der Waals surface area contributed by atoms with Gasteiger partial charge in [-0.25, -0.2) is 4.98 Å². The smallest absolute Gasteiger partial charge is 0.180 e. The van der Waals surface area contributed by atoms with Crippen LogP contribution in [0.25, 0.3) is 9.40 Å². The van der Waals surface area contributed by atoms with Crippen molar-refractivity contribution in [2.45, 2.75) is 6.42 Å². The lowest BCUT2D eigenvalue weighted by molar-refractivity contribution is 0.0993. The first kappa shape index (κ1) is 10.6. The summed E-state index contributed by atoms with van der Waals surface area (Å²) in [5, 5.41) is 5.99. The van der Waals surface area contributed by atoms with Crippen LogP contribution < -0.4 is 0 Å². The van der Waals surface area contributed by atoms with E-state index in [4.69, 9.17) is 0 Å². The maximum Gasteiger partial charge on any atom is 0.180 e. The molecule has 86 valence electrons. The molecule has 0 saturated carbocycles. The highest BCUT2D eigenvalue weighted by atomic mass is 32.1. The monoisotopic (exact) mass is 263 g/mol. The molecule has 0 spiro atoms. The van der Waals surface area contributed by atoms with Crippen LogP contribution in [0.3, 0.4) is 0 Å². The number of carbonyl (C=O) groups excluding carboxylic acids is 1. The van der Waals surface area contributed by atoms with Crippen LogP contribution in [0.4, 0.5) is 0 Å². The Morgan fingerprint density at radius 3 is 3.06 bits per heavy atom. The summed E-state index contributed by atoms with van der Waals surface area (Å²) < 4.78 is 3.99. The van der Waals surface area contributed by atoms with Gasteiger partial charge in [0.15, 0.2) is 5.78 Å². The van der Waals surface area contributed by atoms with Gasteiger partial charge in [0, 0.05) is 16.4 Å². The molecular formula is C11H9N3OS2. The van der Waals surface area contributed by atoms with E-state index in [1.807, 2.05) is 17.5 Å². The molecule has 17 heavy (non-hydrogen) atoms. The quantitative estimate of drug-likeness (QED) is 0.682. The van der Waals surface area contributed by atoms with E-state index in [1.165, 1.54) is 15.7 Å². The second kappa shape index (κ2) is 4.05. The predicted octanol–water partition coefficient (Wildman–Crippen LogP) is 2.52. The highest BCUT2D eigenvalue weighted by molar-refractivity contribution is 7.27. The molecule has 4 nitrogen and oxygen atoms in total. The van der Waals surface area contributed by atoms with Gasteiger partial charge < -0.3 is 0 Å². The normalized spacial score (nSPS) is 11.1. The molecule has 0 unspecified atom stereocenters. The van der Waals surface area contributed by atoms with E-state index < -0.39 is 0 Å². The van der Waals surface area contributed by atoms with Gasteiger partial charge in [-0.2, -0.15) is 5.10 Å². The van der Waals surface area contributed by atoms with E-state index in [0.29, 0.717) is 12.2 Å². The van der Waals surface area contributed by atoms with Gasteiger partial charge in [-0.1, -0.05) is 0 Å². The molecule has 0 fully saturated rings. The van der Waals surface area contributed by atoms with Crippen LogP contribution in [0, 0.1) is 0 Å². The van der Waals surface area contributed by atoms with Crippen LogP contribution >= 0.6 is 22.7 Å². The summed E-state index contributed by atoms with van der Waals surface area (Å²) in [5.74, 6) is 0.807. The second-order valence-electron chi connectivity index (χ2n) is 3.66. The third kappa shape index (κ3) is 1.89. The van der Waals surface area contributed by atoms with Crippen LogP contribution in [0.1, 0.15) is 15.5 Å². The Balaban J connectivity index is 1.87. The molecule has 3 heterocycles. The maximum absolute atomic E-state index is 12.1. The number of thiophene rings is 2. The van der Waals surface area contributed by atoms with Crippen molar-refractivity contribution >= 4 is 37.9 Å². The Bertz CT molecular complexity index is 651. The lowest BCUT2D eigenvalue weighted by Gasteiger charge is -1.97. The zero-order chi connectivity index (χ0) is 11.8. The molecule has 6 heteroatoms. The summed E-state index contributed by atoms with van der Waals surface area (Å²) in [7, 11) is 1.79. The van der Waals surface area contributed by atoms with Crippen LogP contribution in [0.2, 0.25) is 0 Å². The van der Waals surface area contributed by atoms with Crippen LogP contribution in [0.15, 0.2) is 23.8 Å². The fraction of sp³-hybridized carbons (Fsp3) is 0.182. The highest BCUT2D eigenvalue weighted by Crippen LogP contribution is 2.30. The van der Waals surface area contributed by atoms with Gasteiger partial charge in [-0.3, -0.25) is 9.48 Å². The number of aromatic nitrogens is 3. The fourth-order valence-corrected chi connectivity index (χ4v) is 3.66. The minimum absolute atomic E-state index is 0.106. The van der Waals surface area contributed by atoms with Gasteiger partial charge in [-0.05, 0) is 17.5 Å². The van der Waals surface area contributed by atoms with Crippen molar-refractivity contribution in [3.8, 4) is 0 Å². The summed E-state index contributed by atoms with van der Waals surface area (Å²) in [5.41, 5.74) is 0. The molecule has 0 aromatic carbocycles. The summed E-state index contributed by atoms with van der Waals surface area (Å²) in [6, 6.07) is 4.01. The average Bonchev–Trinajstić information content (AvgIpc) is 2.93. The molecule has 0 saturated heterocycles. The van der Waals surface area contributed by atoms with Gasteiger partial charge in [0.25, 0.3) is 0 Å². The van der Waals surface area contributed by atoms with Gasteiger partial charge in [0.1, 0.15) is 12.2 Å². The van der Waals surface area contributed by atoms with Crippen molar-refractivity contribution in [1.82, 2.24) is 14.8 Å². The van der Waals surface area contributed by atoms with Gasteiger partial charge >= 0.3 is 0 Å². The molecule has 3 rings (SSSR count). The summed E-state index contributed by atoms with van der Waals surface area (Å²) in [6.45, 7) is 0. The molecule has 0 bridgehead atoms. The Kier molecular flexibility index (Phi) is 2.53. The van der Waals surface area contributed by atoms with Crippen LogP contribution in [-0.4, -0.2) is 20.5 Å². The Labute approximate surface area is 106 Å². The minimum atomic E-state index is 0.106. The van der Waals surface area contributed by atoms with Crippen LogP contribution in [0.5, 0.6) is 0 Å². The van der Waals surface area contributed by atoms with Crippen molar-refractivity contribution in [2.24, 2.45) is 7.05 Å². The van der Waals surface area contributed by atoms with E-state index >= 15 is 0 Å². The minimum Gasteiger partial charge on any atom is -0.293 e. The lowest BCUT2D eigenvalue weighted by atomic mass is 10.2. The van der Waals surface area contributed by atoms with Crippen molar-refractivity contribution in [3.63, 3.8) is 0 Å². The number of hydrogen-bond donors (Lipinski definition) is 0. The third-order valence-electron chi connectivity index (χ3n) is 2.54. The lowest BCUT2D eigenvalue weighted by Crippen LogP contribution is -2.07. The van der Waals surface area contributed by atoms with E-state index in [9.17, 15) is 4.79 Å². The maximum atomic E-state index is 12.1. The first-order valence-electron chi connectivity index (χ1n) is 5.07. The standard InChI is InChI=1S/C11H9N3OS2/c1-14-11(12-6-13-14)4-7(15)9-5-10-8(17-9)2-3-16-10/h2-3,5-6H,4H2,1H3. The van der Waals surface area contributed by atoms with Crippen molar-refractivity contribution in [2.75, 3.05) is 0 Å². The number of nitrogens with zero attached hydrogens (tertiary/aromatic N) is 3.